The van der Waals surface area contributed by atoms with Crippen LogP contribution < -0.4 is 9.47 Å². The minimum atomic E-state index is -0.0251. The minimum absolute atomic E-state index is 0.0251. The van der Waals surface area contributed by atoms with Crippen molar-refractivity contribution in [3.05, 3.63) is 34.8 Å². The number of benzene rings is 1. The van der Waals surface area contributed by atoms with E-state index in [1.54, 1.807) is 31.4 Å². The Morgan fingerprint density at radius 2 is 1.65 bits per heavy atom. The number of halogens is 2. The topological polar surface area (TPSA) is 57.1 Å². The molecule has 0 aliphatic heterocycles. The first-order valence-electron chi connectivity index (χ1n) is 4.56. The van der Waals surface area contributed by atoms with Crippen molar-refractivity contribution in [2.45, 2.75) is 0 Å². The molecule has 0 aliphatic carbocycles. The number of nitrogens with zero attached hydrogens (tertiary/aromatic N) is 3. The van der Waals surface area contributed by atoms with E-state index in [2.05, 4.69) is 15.0 Å². The Bertz CT molecular complexity index is 516. The smallest absolute Gasteiger partial charge is 0.327 e. The van der Waals surface area contributed by atoms with Gasteiger partial charge in [-0.3, -0.25) is 0 Å². The van der Waals surface area contributed by atoms with Gasteiger partial charge in [0.05, 0.1) is 7.11 Å². The van der Waals surface area contributed by atoms with Gasteiger partial charge in [0.1, 0.15) is 11.5 Å². The fourth-order valence-electron chi connectivity index (χ4n) is 1.12. The van der Waals surface area contributed by atoms with Crippen molar-refractivity contribution >= 4 is 23.2 Å². The molecule has 0 saturated carbocycles. The van der Waals surface area contributed by atoms with Gasteiger partial charge in [0.15, 0.2) is 0 Å². The molecule has 0 bridgehead atoms. The molecule has 7 heteroatoms. The predicted molar refractivity (Wildman–Crippen MR) is 62.9 cm³/mol. The third-order valence-corrected chi connectivity index (χ3v) is 2.15. The van der Waals surface area contributed by atoms with Crippen molar-refractivity contribution in [2.24, 2.45) is 0 Å². The van der Waals surface area contributed by atoms with E-state index in [1.807, 2.05) is 0 Å². The normalized spacial score (nSPS) is 10.1. The summed E-state index contributed by atoms with van der Waals surface area (Å²) < 4.78 is 10.4. The fourth-order valence-corrected chi connectivity index (χ4v) is 1.47. The lowest BCUT2D eigenvalue weighted by atomic mass is 10.3. The van der Waals surface area contributed by atoms with Crippen molar-refractivity contribution in [3.63, 3.8) is 0 Å². The zero-order valence-electron chi connectivity index (χ0n) is 8.72. The number of methoxy groups -OCH3 is 1. The third-order valence-electron chi connectivity index (χ3n) is 1.81. The molecule has 1 aromatic carbocycles. The summed E-state index contributed by atoms with van der Waals surface area (Å²) in [6, 6.07) is 7.02. The van der Waals surface area contributed by atoms with Crippen molar-refractivity contribution in [1.29, 1.82) is 0 Å². The summed E-state index contributed by atoms with van der Waals surface area (Å²) in [5.74, 6) is 1.18. The van der Waals surface area contributed by atoms with Crippen molar-refractivity contribution in [3.8, 4) is 17.5 Å². The lowest BCUT2D eigenvalue weighted by Gasteiger charge is -2.05. The number of rotatable bonds is 3. The largest absolute Gasteiger partial charge is 0.497 e. The second-order valence-corrected chi connectivity index (χ2v) is 3.61. The average molecular weight is 272 g/mol. The van der Waals surface area contributed by atoms with Crippen LogP contribution in [0.25, 0.3) is 0 Å². The van der Waals surface area contributed by atoms with Gasteiger partial charge in [-0.15, -0.1) is 0 Å². The molecule has 2 rings (SSSR count). The van der Waals surface area contributed by atoms with Crippen LogP contribution in [-0.4, -0.2) is 22.1 Å². The highest BCUT2D eigenvalue weighted by Gasteiger charge is 2.06. The maximum absolute atomic E-state index is 5.62. The lowest BCUT2D eigenvalue weighted by Crippen LogP contribution is -1.95. The SMILES string of the molecule is COc1cccc(Oc2nc(Cl)nc(Cl)n2)c1. The molecule has 88 valence electrons. The van der Waals surface area contributed by atoms with Crippen LogP contribution in [0.3, 0.4) is 0 Å². The minimum Gasteiger partial charge on any atom is -0.497 e. The molecule has 0 fully saturated rings. The summed E-state index contributed by atoms with van der Waals surface area (Å²) in [5.41, 5.74) is 0. The molecule has 0 aliphatic rings. The van der Waals surface area contributed by atoms with Crippen LogP contribution >= 0.6 is 23.2 Å². The van der Waals surface area contributed by atoms with Gasteiger partial charge in [0.25, 0.3) is 0 Å². The van der Waals surface area contributed by atoms with E-state index >= 15 is 0 Å². The molecular formula is C10H7Cl2N3O2. The summed E-state index contributed by atoms with van der Waals surface area (Å²) in [6.07, 6.45) is 0. The number of ether oxygens (including phenoxy) is 2. The van der Waals surface area contributed by atoms with Crippen LogP contribution in [-0.2, 0) is 0 Å². The van der Waals surface area contributed by atoms with Gasteiger partial charge < -0.3 is 9.47 Å². The molecule has 2 aromatic rings. The zero-order valence-corrected chi connectivity index (χ0v) is 10.2. The summed E-state index contributed by atoms with van der Waals surface area (Å²) >= 11 is 11.2. The summed E-state index contributed by atoms with van der Waals surface area (Å²) in [6.45, 7) is 0. The molecule has 0 radical (unpaired) electrons. The van der Waals surface area contributed by atoms with Crippen molar-refractivity contribution < 1.29 is 9.47 Å². The molecule has 0 saturated heterocycles. The molecule has 0 unspecified atom stereocenters. The van der Waals surface area contributed by atoms with E-state index in [9.17, 15) is 0 Å². The van der Waals surface area contributed by atoms with Gasteiger partial charge in [-0.05, 0) is 35.3 Å². The maximum Gasteiger partial charge on any atom is 0.327 e. The summed E-state index contributed by atoms with van der Waals surface area (Å²) in [7, 11) is 1.57. The molecule has 0 N–H and O–H groups in total. The van der Waals surface area contributed by atoms with Gasteiger partial charge in [-0.1, -0.05) is 6.07 Å². The van der Waals surface area contributed by atoms with Crippen LogP contribution in [0.1, 0.15) is 0 Å². The van der Waals surface area contributed by atoms with E-state index in [0.29, 0.717) is 11.5 Å². The van der Waals surface area contributed by atoms with E-state index in [1.165, 1.54) is 0 Å². The van der Waals surface area contributed by atoms with Crippen LogP contribution in [0.4, 0.5) is 0 Å². The third kappa shape index (κ3) is 3.18. The Morgan fingerprint density at radius 3 is 2.29 bits per heavy atom. The zero-order chi connectivity index (χ0) is 12.3. The average Bonchev–Trinajstić information content (AvgIpc) is 2.28. The fraction of sp³-hybridized carbons (Fsp3) is 0.100. The lowest BCUT2D eigenvalue weighted by molar-refractivity contribution is 0.404. The Labute approximate surface area is 107 Å². The first-order valence-corrected chi connectivity index (χ1v) is 5.32. The first-order chi connectivity index (χ1) is 8.17. The number of hydrogen-bond donors (Lipinski definition) is 0. The number of aromatic nitrogens is 3. The predicted octanol–water partition coefficient (Wildman–Crippen LogP) is 2.98. The van der Waals surface area contributed by atoms with Crippen LogP contribution in [0.2, 0.25) is 10.6 Å². The molecular weight excluding hydrogens is 265 g/mol. The van der Waals surface area contributed by atoms with Gasteiger partial charge in [0.2, 0.25) is 10.6 Å². The second kappa shape index (κ2) is 5.16. The highest BCUT2D eigenvalue weighted by molar-refractivity contribution is 6.31. The Morgan fingerprint density at radius 1 is 1.00 bits per heavy atom. The molecule has 1 aromatic heterocycles. The molecule has 0 amide bonds. The molecule has 5 nitrogen and oxygen atoms in total. The van der Waals surface area contributed by atoms with Crippen LogP contribution in [0, 0.1) is 0 Å². The highest BCUT2D eigenvalue weighted by Crippen LogP contribution is 2.23. The van der Waals surface area contributed by atoms with Crippen LogP contribution in [0.15, 0.2) is 24.3 Å². The molecule has 0 atom stereocenters. The highest BCUT2D eigenvalue weighted by atomic mass is 35.5. The van der Waals surface area contributed by atoms with Crippen molar-refractivity contribution in [2.75, 3.05) is 7.11 Å². The Balaban J connectivity index is 2.24. The summed E-state index contributed by atoms with van der Waals surface area (Å²) in [4.78, 5) is 11.2. The monoisotopic (exact) mass is 271 g/mol. The van der Waals surface area contributed by atoms with Gasteiger partial charge in [-0.2, -0.15) is 15.0 Å². The van der Waals surface area contributed by atoms with Crippen molar-refractivity contribution in [1.82, 2.24) is 15.0 Å². The van der Waals surface area contributed by atoms with E-state index in [-0.39, 0.29) is 16.6 Å². The first kappa shape index (κ1) is 11.9. The van der Waals surface area contributed by atoms with E-state index in [0.717, 1.165) is 0 Å². The maximum atomic E-state index is 5.62. The number of hydrogen-bond acceptors (Lipinski definition) is 5. The Hall–Kier alpha value is -1.59. The van der Waals surface area contributed by atoms with E-state index < -0.39 is 0 Å². The Kier molecular flexibility index (Phi) is 3.61. The molecule has 17 heavy (non-hydrogen) atoms. The van der Waals surface area contributed by atoms with E-state index in [4.69, 9.17) is 32.7 Å². The molecule has 0 spiro atoms. The van der Waals surface area contributed by atoms with Crippen LogP contribution in [0.5, 0.6) is 17.5 Å². The summed E-state index contributed by atoms with van der Waals surface area (Å²) in [5, 5.41) is -0.0502. The van der Waals surface area contributed by atoms with Gasteiger partial charge in [0, 0.05) is 6.07 Å². The van der Waals surface area contributed by atoms with Gasteiger partial charge >= 0.3 is 6.01 Å². The second-order valence-electron chi connectivity index (χ2n) is 2.94. The van der Waals surface area contributed by atoms with Gasteiger partial charge in [-0.25, -0.2) is 0 Å². The standard InChI is InChI=1S/C10H7Cl2N3O2/c1-16-6-3-2-4-7(5-6)17-10-14-8(11)13-9(12)15-10/h2-5H,1H3. The molecule has 1 heterocycles. The quantitative estimate of drug-likeness (QED) is 0.859.